The highest BCUT2D eigenvalue weighted by Crippen LogP contribution is 2.22. The van der Waals surface area contributed by atoms with E-state index < -0.39 is 0 Å². The van der Waals surface area contributed by atoms with Crippen molar-refractivity contribution in [1.29, 1.82) is 0 Å². The number of hydrogen-bond acceptors (Lipinski definition) is 3. The molecule has 2 aliphatic rings. The van der Waals surface area contributed by atoms with E-state index in [1.165, 1.54) is 24.4 Å². The van der Waals surface area contributed by atoms with Crippen LogP contribution in [0, 0.1) is 5.92 Å². The molecule has 0 bridgehead atoms. The minimum atomic E-state index is -0.161. The molecule has 1 aromatic heterocycles. The van der Waals surface area contributed by atoms with Gasteiger partial charge in [0, 0.05) is 31.3 Å². The van der Waals surface area contributed by atoms with Gasteiger partial charge >= 0.3 is 0 Å². The van der Waals surface area contributed by atoms with Crippen LogP contribution in [0.3, 0.4) is 0 Å². The SMILES string of the molecule is OC1CCn2c(cnc2CC2CCNCC2)C1. The Morgan fingerprint density at radius 1 is 1.35 bits per heavy atom. The van der Waals surface area contributed by atoms with Crippen LogP contribution in [-0.4, -0.2) is 33.9 Å². The predicted molar refractivity (Wildman–Crippen MR) is 65.9 cm³/mol. The summed E-state index contributed by atoms with van der Waals surface area (Å²) in [5, 5.41) is 13.0. The standard InChI is InChI=1S/C13H21N3O/c17-12-3-6-16-11(8-12)9-15-13(16)7-10-1-4-14-5-2-10/h9-10,12,14,17H,1-8H2. The molecule has 0 radical (unpaired) electrons. The molecule has 2 N–H and O–H groups in total. The van der Waals surface area contributed by atoms with E-state index in [0.29, 0.717) is 0 Å². The first-order chi connectivity index (χ1) is 8.33. The molecule has 3 heterocycles. The zero-order chi connectivity index (χ0) is 11.7. The highest BCUT2D eigenvalue weighted by atomic mass is 16.3. The number of nitrogens with zero attached hydrogens (tertiary/aromatic N) is 2. The number of rotatable bonds is 2. The molecule has 1 saturated heterocycles. The lowest BCUT2D eigenvalue weighted by atomic mass is 9.94. The third kappa shape index (κ3) is 2.38. The third-order valence-corrected chi connectivity index (χ3v) is 4.08. The summed E-state index contributed by atoms with van der Waals surface area (Å²) in [5.41, 5.74) is 1.22. The zero-order valence-electron chi connectivity index (χ0n) is 10.2. The van der Waals surface area contributed by atoms with E-state index in [1.807, 2.05) is 6.20 Å². The molecule has 0 amide bonds. The van der Waals surface area contributed by atoms with E-state index in [4.69, 9.17) is 0 Å². The summed E-state index contributed by atoms with van der Waals surface area (Å²) in [4.78, 5) is 4.56. The minimum absolute atomic E-state index is 0.161. The molecule has 1 fully saturated rings. The van der Waals surface area contributed by atoms with E-state index in [1.54, 1.807) is 0 Å². The normalized spacial score (nSPS) is 25.8. The average Bonchev–Trinajstić information content (AvgIpc) is 2.73. The highest BCUT2D eigenvalue weighted by molar-refractivity contribution is 5.10. The average molecular weight is 235 g/mol. The molecule has 1 unspecified atom stereocenters. The number of aromatic nitrogens is 2. The number of hydrogen-bond donors (Lipinski definition) is 2. The van der Waals surface area contributed by atoms with Gasteiger partial charge in [-0.15, -0.1) is 0 Å². The molecule has 0 saturated carbocycles. The number of piperidine rings is 1. The van der Waals surface area contributed by atoms with Gasteiger partial charge in [0.2, 0.25) is 0 Å². The van der Waals surface area contributed by atoms with Crippen LogP contribution in [0.25, 0.3) is 0 Å². The molecule has 1 aromatic rings. The van der Waals surface area contributed by atoms with Gasteiger partial charge in [0.05, 0.1) is 6.10 Å². The lowest BCUT2D eigenvalue weighted by molar-refractivity contribution is 0.142. The number of aliphatic hydroxyl groups is 1. The molecule has 3 rings (SSSR count). The van der Waals surface area contributed by atoms with Crippen LogP contribution in [0.15, 0.2) is 6.20 Å². The van der Waals surface area contributed by atoms with Gasteiger partial charge < -0.3 is 15.0 Å². The van der Waals surface area contributed by atoms with Crippen molar-refractivity contribution >= 4 is 0 Å². The Morgan fingerprint density at radius 3 is 3.00 bits per heavy atom. The monoisotopic (exact) mass is 235 g/mol. The van der Waals surface area contributed by atoms with E-state index in [-0.39, 0.29) is 6.10 Å². The lowest BCUT2D eigenvalue weighted by Crippen LogP contribution is -2.30. The molecule has 0 spiro atoms. The highest BCUT2D eigenvalue weighted by Gasteiger charge is 2.22. The van der Waals surface area contributed by atoms with Gasteiger partial charge in [-0.1, -0.05) is 0 Å². The molecule has 0 aliphatic carbocycles. The van der Waals surface area contributed by atoms with Crippen LogP contribution in [0.5, 0.6) is 0 Å². The van der Waals surface area contributed by atoms with Crippen LogP contribution >= 0.6 is 0 Å². The van der Waals surface area contributed by atoms with Crippen molar-refractivity contribution in [2.45, 2.75) is 44.8 Å². The quantitative estimate of drug-likeness (QED) is 0.794. The number of aliphatic hydroxyl groups excluding tert-OH is 1. The Bertz CT molecular complexity index is 382. The second kappa shape index (κ2) is 4.78. The first-order valence-electron chi connectivity index (χ1n) is 6.75. The molecule has 17 heavy (non-hydrogen) atoms. The summed E-state index contributed by atoms with van der Waals surface area (Å²) < 4.78 is 2.33. The van der Waals surface area contributed by atoms with Crippen molar-refractivity contribution in [2.75, 3.05) is 13.1 Å². The summed E-state index contributed by atoms with van der Waals surface area (Å²) in [5.74, 6) is 2.02. The van der Waals surface area contributed by atoms with E-state index in [9.17, 15) is 5.11 Å². The van der Waals surface area contributed by atoms with Gasteiger partial charge in [-0.25, -0.2) is 4.98 Å². The van der Waals surface area contributed by atoms with E-state index in [2.05, 4.69) is 14.9 Å². The first kappa shape index (κ1) is 11.2. The van der Waals surface area contributed by atoms with Crippen molar-refractivity contribution in [1.82, 2.24) is 14.9 Å². The first-order valence-corrected chi connectivity index (χ1v) is 6.75. The second-order valence-electron chi connectivity index (χ2n) is 5.36. The molecule has 4 heteroatoms. The summed E-state index contributed by atoms with van der Waals surface area (Å²) in [6.45, 7) is 3.24. The lowest BCUT2D eigenvalue weighted by Gasteiger charge is -2.25. The van der Waals surface area contributed by atoms with Crippen LogP contribution in [-0.2, 0) is 19.4 Å². The zero-order valence-corrected chi connectivity index (χ0v) is 10.2. The van der Waals surface area contributed by atoms with Crippen LogP contribution in [0.1, 0.15) is 30.8 Å². The van der Waals surface area contributed by atoms with E-state index in [0.717, 1.165) is 44.8 Å². The van der Waals surface area contributed by atoms with Crippen molar-refractivity contribution in [3.8, 4) is 0 Å². The Morgan fingerprint density at radius 2 is 2.18 bits per heavy atom. The number of fused-ring (bicyclic) bond motifs is 1. The van der Waals surface area contributed by atoms with Crippen molar-refractivity contribution in [3.63, 3.8) is 0 Å². The fourth-order valence-corrected chi connectivity index (χ4v) is 3.02. The molecule has 1 atom stereocenters. The van der Waals surface area contributed by atoms with Gasteiger partial charge in [-0.2, -0.15) is 0 Å². The maximum Gasteiger partial charge on any atom is 0.109 e. The third-order valence-electron chi connectivity index (χ3n) is 4.08. The molecular weight excluding hydrogens is 214 g/mol. The Labute approximate surface area is 102 Å². The maximum atomic E-state index is 9.64. The molecule has 0 aromatic carbocycles. The van der Waals surface area contributed by atoms with Gasteiger partial charge in [0.25, 0.3) is 0 Å². The molecule has 2 aliphatic heterocycles. The predicted octanol–water partition coefficient (Wildman–Crippen LogP) is 0.732. The van der Waals surface area contributed by atoms with Gasteiger partial charge in [0.15, 0.2) is 0 Å². The van der Waals surface area contributed by atoms with Gasteiger partial charge in [0.1, 0.15) is 5.82 Å². The molecular formula is C13H21N3O. The van der Waals surface area contributed by atoms with Crippen LogP contribution in [0.2, 0.25) is 0 Å². The van der Waals surface area contributed by atoms with E-state index >= 15 is 0 Å². The van der Waals surface area contributed by atoms with Gasteiger partial charge in [-0.05, 0) is 38.3 Å². The summed E-state index contributed by atoms with van der Waals surface area (Å²) >= 11 is 0. The van der Waals surface area contributed by atoms with Crippen molar-refractivity contribution < 1.29 is 5.11 Å². The molecule has 4 nitrogen and oxygen atoms in total. The van der Waals surface area contributed by atoms with Crippen LogP contribution in [0.4, 0.5) is 0 Å². The number of nitrogens with one attached hydrogen (secondary N) is 1. The largest absolute Gasteiger partial charge is 0.393 e. The van der Waals surface area contributed by atoms with Gasteiger partial charge in [-0.3, -0.25) is 0 Å². The Kier molecular flexibility index (Phi) is 3.16. The topological polar surface area (TPSA) is 50.1 Å². The minimum Gasteiger partial charge on any atom is -0.393 e. The second-order valence-corrected chi connectivity index (χ2v) is 5.36. The fraction of sp³-hybridized carbons (Fsp3) is 0.769. The Balaban J connectivity index is 1.71. The number of imidazole rings is 1. The fourth-order valence-electron chi connectivity index (χ4n) is 3.02. The smallest absolute Gasteiger partial charge is 0.109 e. The van der Waals surface area contributed by atoms with Crippen molar-refractivity contribution in [3.05, 3.63) is 17.7 Å². The van der Waals surface area contributed by atoms with Crippen LogP contribution < -0.4 is 5.32 Å². The maximum absolute atomic E-state index is 9.64. The van der Waals surface area contributed by atoms with Crippen molar-refractivity contribution in [2.24, 2.45) is 5.92 Å². The summed E-state index contributed by atoms with van der Waals surface area (Å²) in [7, 11) is 0. The molecule has 94 valence electrons. The Hall–Kier alpha value is -0.870. The summed E-state index contributed by atoms with van der Waals surface area (Å²) in [6.07, 6.45) is 7.10. The summed E-state index contributed by atoms with van der Waals surface area (Å²) in [6, 6.07) is 0.